The zero-order valence-corrected chi connectivity index (χ0v) is 17.8. The number of ether oxygens (including phenoxy) is 1. The first-order chi connectivity index (χ1) is 14.0. The first-order valence-corrected chi connectivity index (χ1v) is 10.6. The Balaban J connectivity index is 1.62. The van der Waals surface area contributed by atoms with Gasteiger partial charge in [0.05, 0.1) is 18.8 Å². The summed E-state index contributed by atoms with van der Waals surface area (Å²) >= 11 is 0. The van der Waals surface area contributed by atoms with Crippen LogP contribution in [0.5, 0.6) is 5.75 Å². The summed E-state index contributed by atoms with van der Waals surface area (Å²) in [5.41, 5.74) is 2.24. The van der Waals surface area contributed by atoms with Crippen molar-refractivity contribution >= 4 is 5.91 Å². The van der Waals surface area contributed by atoms with E-state index >= 15 is 0 Å². The van der Waals surface area contributed by atoms with Gasteiger partial charge in [-0.3, -0.25) is 14.7 Å². The Bertz CT molecular complexity index is 771. The minimum atomic E-state index is -0.0126. The van der Waals surface area contributed by atoms with E-state index in [1.54, 1.807) is 7.11 Å². The van der Waals surface area contributed by atoms with E-state index in [-0.39, 0.29) is 11.9 Å². The van der Waals surface area contributed by atoms with Gasteiger partial charge in [-0.2, -0.15) is 0 Å². The number of amides is 1. The highest BCUT2D eigenvalue weighted by molar-refractivity contribution is 5.76. The monoisotopic (exact) mass is 395 g/mol. The molecule has 1 atom stereocenters. The molecule has 5 heteroatoms. The summed E-state index contributed by atoms with van der Waals surface area (Å²) in [6.07, 6.45) is 4.47. The third-order valence-electron chi connectivity index (χ3n) is 5.56. The summed E-state index contributed by atoms with van der Waals surface area (Å²) in [5, 5.41) is 3.28. The van der Waals surface area contributed by atoms with Crippen LogP contribution in [0.1, 0.15) is 50.4 Å². The van der Waals surface area contributed by atoms with Crippen molar-refractivity contribution in [2.75, 3.05) is 20.2 Å². The number of hydrogen-bond donors (Lipinski definition) is 1. The van der Waals surface area contributed by atoms with Gasteiger partial charge in [0.2, 0.25) is 5.91 Å². The molecule has 156 valence electrons. The number of aromatic nitrogens is 1. The van der Waals surface area contributed by atoms with Gasteiger partial charge in [0, 0.05) is 19.2 Å². The van der Waals surface area contributed by atoms with Crippen LogP contribution in [-0.4, -0.2) is 36.0 Å². The van der Waals surface area contributed by atoms with E-state index in [0.717, 1.165) is 43.9 Å². The van der Waals surface area contributed by atoms with E-state index in [1.165, 1.54) is 5.56 Å². The van der Waals surface area contributed by atoms with Gasteiger partial charge < -0.3 is 10.1 Å². The Morgan fingerprint density at radius 3 is 2.66 bits per heavy atom. The molecule has 1 aliphatic heterocycles. The Morgan fingerprint density at radius 2 is 2.00 bits per heavy atom. The smallest absolute Gasteiger partial charge is 0.220 e. The molecule has 0 saturated carbocycles. The molecule has 0 spiro atoms. The molecule has 1 N–H and O–H groups in total. The summed E-state index contributed by atoms with van der Waals surface area (Å²) in [6.45, 7) is 7.12. The topological polar surface area (TPSA) is 54.5 Å². The number of nitrogens with zero attached hydrogens (tertiary/aromatic N) is 2. The number of nitrogens with one attached hydrogen (secondary N) is 1. The van der Waals surface area contributed by atoms with Gasteiger partial charge in [-0.05, 0) is 67.6 Å². The number of piperidine rings is 1. The molecule has 1 saturated heterocycles. The summed E-state index contributed by atoms with van der Waals surface area (Å²) < 4.78 is 5.34. The third kappa shape index (κ3) is 6.29. The predicted molar refractivity (Wildman–Crippen MR) is 116 cm³/mol. The number of methoxy groups -OCH3 is 1. The highest BCUT2D eigenvalue weighted by Crippen LogP contribution is 2.31. The molecular formula is C24H33N3O2. The summed E-state index contributed by atoms with van der Waals surface area (Å²) in [7, 11) is 1.70. The third-order valence-corrected chi connectivity index (χ3v) is 5.56. The zero-order chi connectivity index (χ0) is 20.6. The minimum absolute atomic E-state index is 0.0126. The highest BCUT2D eigenvalue weighted by atomic mass is 16.5. The fourth-order valence-corrected chi connectivity index (χ4v) is 4.07. The van der Waals surface area contributed by atoms with Gasteiger partial charge >= 0.3 is 0 Å². The van der Waals surface area contributed by atoms with Crippen molar-refractivity contribution in [3.05, 3.63) is 59.9 Å². The lowest BCUT2D eigenvalue weighted by atomic mass is 9.87. The van der Waals surface area contributed by atoms with Crippen molar-refractivity contribution in [2.45, 2.75) is 45.7 Å². The number of likely N-dealkylation sites (tertiary alicyclic amines) is 1. The van der Waals surface area contributed by atoms with Crippen LogP contribution in [0.2, 0.25) is 0 Å². The molecular weight excluding hydrogens is 362 g/mol. The molecule has 1 unspecified atom stereocenters. The molecule has 3 rings (SSSR count). The van der Waals surface area contributed by atoms with Crippen molar-refractivity contribution in [3.8, 4) is 5.75 Å². The lowest BCUT2D eigenvalue weighted by Crippen LogP contribution is -2.41. The second-order valence-electron chi connectivity index (χ2n) is 8.36. The van der Waals surface area contributed by atoms with Crippen LogP contribution in [0, 0.1) is 11.8 Å². The van der Waals surface area contributed by atoms with Crippen molar-refractivity contribution in [3.63, 3.8) is 0 Å². The molecule has 0 bridgehead atoms. The van der Waals surface area contributed by atoms with E-state index in [0.29, 0.717) is 18.3 Å². The standard InChI is InChI=1S/C24H33N3O2/c1-18(2)15-23(28)26-24(22-9-4-5-12-25-22)20-10-13-27(14-11-20)17-19-7-6-8-21(16-19)29-3/h4-9,12,16,18,20,24H,10-11,13-15,17H2,1-3H3,(H,26,28). The maximum absolute atomic E-state index is 12.5. The van der Waals surface area contributed by atoms with Crippen LogP contribution in [0.25, 0.3) is 0 Å². The van der Waals surface area contributed by atoms with E-state index in [9.17, 15) is 4.79 Å². The minimum Gasteiger partial charge on any atom is -0.497 e. The molecule has 1 fully saturated rings. The number of rotatable bonds is 8. The number of hydrogen-bond acceptors (Lipinski definition) is 4. The molecule has 0 aliphatic carbocycles. The molecule has 2 aromatic rings. The lowest BCUT2D eigenvalue weighted by Gasteiger charge is -2.36. The number of pyridine rings is 1. The Labute approximate surface area is 174 Å². The molecule has 1 aromatic heterocycles. The van der Waals surface area contributed by atoms with Crippen LogP contribution >= 0.6 is 0 Å². The van der Waals surface area contributed by atoms with Crippen molar-refractivity contribution < 1.29 is 9.53 Å². The van der Waals surface area contributed by atoms with Crippen LogP contribution in [-0.2, 0) is 11.3 Å². The maximum Gasteiger partial charge on any atom is 0.220 e. The summed E-state index contributed by atoms with van der Waals surface area (Å²) in [5.74, 6) is 1.78. The van der Waals surface area contributed by atoms with Gasteiger partial charge in [-0.1, -0.05) is 32.0 Å². The summed E-state index contributed by atoms with van der Waals surface area (Å²) in [6, 6.07) is 14.2. The van der Waals surface area contributed by atoms with Crippen LogP contribution in [0.3, 0.4) is 0 Å². The summed E-state index contributed by atoms with van der Waals surface area (Å²) in [4.78, 5) is 19.5. The second-order valence-corrected chi connectivity index (χ2v) is 8.36. The average Bonchev–Trinajstić information content (AvgIpc) is 2.73. The highest BCUT2D eigenvalue weighted by Gasteiger charge is 2.29. The van der Waals surface area contributed by atoms with Crippen molar-refractivity contribution in [2.24, 2.45) is 11.8 Å². The van der Waals surface area contributed by atoms with Gasteiger partial charge in [0.1, 0.15) is 5.75 Å². The zero-order valence-electron chi connectivity index (χ0n) is 17.8. The van der Waals surface area contributed by atoms with Crippen LogP contribution < -0.4 is 10.1 Å². The van der Waals surface area contributed by atoms with E-state index in [2.05, 4.69) is 41.2 Å². The Hall–Kier alpha value is -2.40. The van der Waals surface area contributed by atoms with Gasteiger partial charge in [-0.25, -0.2) is 0 Å². The van der Waals surface area contributed by atoms with E-state index in [4.69, 9.17) is 4.74 Å². The maximum atomic E-state index is 12.5. The molecule has 5 nitrogen and oxygen atoms in total. The largest absolute Gasteiger partial charge is 0.497 e. The molecule has 2 heterocycles. The first kappa shape index (κ1) is 21.3. The number of carbonyl (C=O) groups excluding carboxylic acids is 1. The normalized spacial score (nSPS) is 16.6. The number of carbonyl (C=O) groups is 1. The lowest BCUT2D eigenvalue weighted by molar-refractivity contribution is -0.123. The van der Waals surface area contributed by atoms with Crippen molar-refractivity contribution in [1.82, 2.24) is 15.2 Å². The van der Waals surface area contributed by atoms with Crippen LogP contribution in [0.15, 0.2) is 48.7 Å². The molecule has 1 amide bonds. The fraction of sp³-hybridized carbons (Fsp3) is 0.500. The molecule has 29 heavy (non-hydrogen) atoms. The SMILES string of the molecule is COc1cccc(CN2CCC(C(NC(=O)CC(C)C)c3ccccn3)CC2)c1. The van der Waals surface area contributed by atoms with Gasteiger partial charge in [0.25, 0.3) is 0 Å². The predicted octanol–water partition coefficient (Wildman–Crippen LogP) is 4.21. The average molecular weight is 396 g/mol. The molecule has 0 radical (unpaired) electrons. The van der Waals surface area contributed by atoms with Gasteiger partial charge in [-0.15, -0.1) is 0 Å². The van der Waals surface area contributed by atoms with E-state index < -0.39 is 0 Å². The van der Waals surface area contributed by atoms with Gasteiger partial charge in [0.15, 0.2) is 0 Å². The quantitative estimate of drug-likeness (QED) is 0.728. The van der Waals surface area contributed by atoms with Crippen molar-refractivity contribution in [1.29, 1.82) is 0 Å². The second kappa shape index (κ2) is 10.4. The fourth-order valence-electron chi connectivity index (χ4n) is 4.07. The van der Waals surface area contributed by atoms with E-state index in [1.807, 2.05) is 36.5 Å². The Kier molecular flexibility index (Phi) is 7.64. The molecule has 1 aromatic carbocycles. The van der Waals surface area contributed by atoms with Crippen LogP contribution in [0.4, 0.5) is 0 Å². The first-order valence-electron chi connectivity index (χ1n) is 10.6. The Morgan fingerprint density at radius 1 is 1.21 bits per heavy atom. The molecule has 1 aliphatic rings. The number of benzene rings is 1.